The zero-order valence-corrected chi connectivity index (χ0v) is 18.7. The number of ether oxygens (including phenoxy) is 1. The lowest BCUT2D eigenvalue weighted by Gasteiger charge is -2.42. The molecule has 27 heavy (non-hydrogen) atoms. The Labute approximate surface area is 177 Å². The number of likely N-dealkylation sites (tertiary alicyclic amines) is 1. The van der Waals surface area contributed by atoms with Crippen LogP contribution in [0.2, 0.25) is 0 Å². The predicted molar refractivity (Wildman–Crippen MR) is 114 cm³/mol. The summed E-state index contributed by atoms with van der Waals surface area (Å²) in [5, 5.41) is 3.33. The van der Waals surface area contributed by atoms with E-state index in [1.165, 1.54) is 12.8 Å². The van der Waals surface area contributed by atoms with Crippen LogP contribution >= 0.6 is 24.8 Å². The number of nitrogens with one attached hydrogen (secondary N) is 1. The second-order valence-electron chi connectivity index (χ2n) is 8.10. The van der Waals surface area contributed by atoms with Gasteiger partial charge in [0.25, 0.3) is 5.91 Å². The minimum atomic E-state index is -0.589. The van der Waals surface area contributed by atoms with E-state index < -0.39 is 5.60 Å². The Morgan fingerprint density at radius 2 is 1.56 bits per heavy atom. The predicted octanol–water partition coefficient (Wildman–Crippen LogP) is 1.62. The molecular weight excluding hydrogens is 387 g/mol. The van der Waals surface area contributed by atoms with Crippen LogP contribution in [0.15, 0.2) is 0 Å². The third-order valence-electron chi connectivity index (χ3n) is 6.66. The van der Waals surface area contributed by atoms with Gasteiger partial charge in [-0.3, -0.25) is 14.6 Å². The molecule has 0 bridgehead atoms. The van der Waals surface area contributed by atoms with Crippen LogP contribution in [0.5, 0.6) is 0 Å². The molecule has 3 rings (SSSR count). The number of rotatable bonds is 5. The van der Waals surface area contributed by atoms with Gasteiger partial charge in [-0.25, -0.2) is 0 Å². The molecule has 3 heterocycles. The number of carbonyl (C=O) groups is 1. The van der Waals surface area contributed by atoms with Gasteiger partial charge in [0, 0.05) is 58.5 Å². The van der Waals surface area contributed by atoms with Crippen LogP contribution in [0, 0.1) is 0 Å². The largest absolute Gasteiger partial charge is 0.368 e. The van der Waals surface area contributed by atoms with Crippen molar-refractivity contribution in [2.24, 2.45) is 0 Å². The van der Waals surface area contributed by atoms with Crippen LogP contribution < -0.4 is 5.32 Å². The zero-order valence-electron chi connectivity index (χ0n) is 17.1. The molecule has 8 heteroatoms. The Hall–Kier alpha value is -0.110. The van der Waals surface area contributed by atoms with Crippen molar-refractivity contribution in [3.63, 3.8) is 0 Å². The Kier molecular flexibility index (Phi) is 10.3. The molecular formula is C19H38Cl2N4O2. The van der Waals surface area contributed by atoms with Crippen LogP contribution in [0.1, 0.15) is 39.5 Å². The minimum Gasteiger partial charge on any atom is -0.368 e. The topological polar surface area (TPSA) is 48.1 Å². The number of hydrogen-bond donors (Lipinski definition) is 1. The van der Waals surface area contributed by atoms with E-state index in [2.05, 4.69) is 29.0 Å². The molecule has 3 saturated heterocycles. The van der Waals surface area contributed by atoms with Gasteiger partial charge in [-0.2, -0.15) is 0 Å². The van der Waals surface area contributed by atoms with Gasteiger partial charge >= 0.3 is 0 Å². The Morgan fingerprint density at radius 1 is 1.00 bits per heavy atom. The SMILES string of the molecule is COC1(C(=O)N2CCN(CCN3C(C)CCC3C)CC2)CCNCC1.Cl.Cl. The molecule has 0 aromatic carbocycles. The number of amides is 1. The summed E-state index contributed by atoms with van der Waals surface area (Å²) in [6.07, 6.45) is 4.23. The van der Waals surface area contributed by atoms with E-state index in [-0.39, 0.29) is 30.7 Å². The number of hydrogen-bond acceptors (Lipinski definition) is 5. The lowest BCUT2D eigenvalue weighted by Crippen LogP contribution is -2.59. The van der Waals surface area contributed by atoms with Crippen LogP contribution in [0.25, 0.3) is 0 Å². The standard InChI is InChI=1S/C19H36N4O2.2ClH/c1-16-4-5-17(2)23(16)15-12-21-10-13-22(14-11-21)18(24)19(25-3)6-8-20-9-7-19;;/h16-17,20H,4-15H2,1-3H3;2*1H. The highest BCUT2D eigenvalue weighted by atomic mass is 35.5. The van der Waals surface area contributed by atoms with Crippen LogP contribution in [0.4, 0.5) is 0 Å². The van der Waals surface area contributed by atoms with E-state index in [0.717, 1.165) is 77.3 Å². The highest BCUT2D eigenvalue weighted by Crippen LogP contribution is 2.26. The molecule has 3 aliphatic heterocycles. The summed E-state index contributed by atoms with van der Waals surface area (Å²) in [4.78, 5) is 20.2. The van der Waals surface area contributed by atoms with Crippen molar-refractivity contribution in [3.8, 4) is 0 Å². The number of piperidine rings is 1. The first-order valence-corrected chi connectivity index (χ1v) is 10.1. The number of piperazine rings is 1. The summed E-state index contributed by atoms with van der Waals surface area (Å²) in [7, 11) is 1.69. The van der Waals surface area contributed by atoms with Crippen molar-refractivity contribution in [2.45, 2.75) is 57.2 Å². The normalized spacial score (nSPS) is 29.1. The molecule has 0 saturated carbocycles. The summed E-state index contributed by atoms with van der Waals surface area (Å²) < 4.78 is 5.71. The fraction of sp³-hybridized carbons (Fsp3) is 0.947. The quantitative estimate of drug-likeness (QED) is 0.726. The van der Waals surface area contributed by atoms with Gasteiger partial charge in [-0.05, 0) is 52.6 Å². The van der Waals surface area contributed by atoms with E-state index in [1.54, 1.807) is 7.11 Å². The molecule has 1 amide bonds. The fourth-order valence-electron chi connectivity index (χ4n) is 4.74. The monoisotopic (exact) mass is 424 g/mol. The molecule has 1 N–H and O–H groups in total. The molecule has 0 aromatic rings. The number of methoxy groups -OCH3 is 1. The maximum atomic E-state index is 13.0. The van der Waals surface area contributed by atoms with Crippen molar-refractivity contribution < 1.29 is 9.53 Å². The van der Waals surface area contributed by atoms with Crippen molar-refractivity contribution in [3.05, 3.63) is 0 Å². The zero-order chi connectivity index (χ0) is 17.9. The molecule has 6 nitrogen and oxygen atoms in total. The first-order chi connectivity index (χ1) is 12.1. The van der Waals surface area contributed by atoms with E-state index in [1.807, 2.05) is 4.90 Å². The molecule has 0 spiro atoms. The molecule has 2 unspecified atom stereocenters. The first kappa shape index (κ1) is 24.9. The average molecular weight is 425 g/mol. The molecule has 0 aromatic heterocycles. The maximum Gasteiger partial charge on any atom is 0.254 e. The van der Waals surface area contributed by atoms with Crippen molar-refractivity contribution >= 4 is 30.7 Å². The smallest absolute Gasteiger partial charge is 0.254 e. The fourth-order valence-corrected chi connectivity index (χ4v) is 4.74. The third kappa shape index (κ3) is 5.71. The molecule has 2 atom stereocenters. The maximum absolute atomic E-state index is 13.0. The molecule has 3 fully saturated rings. The van der Waals surface area contributed by atoms with Crippen LogP contribution in [0.3, 0.4) is 0 Å². The molecule has 0 aliphatic carbocycles. The summed E-state index contributed by atoms with van der Waals surface area (Å²) in [5.74, 6) is 0.206. The molecule has 160 valence electrons. The van der Waals surface area contributed by atoms with Crippen molar-refractivity contribution in [2.75, 3.05) is 59.5 Å². The Balaban J connectivity index is 0.00000182. The van der Waals surface area contributed by atoms with E-state index in [4.69, 9.17) is 4.74 Å². The molecule has 0 radical (unpaired) electrons. The number of carbonyl (C=O) groups excluding carboxylic acids is 1. The first-order valence-electron chi connectivity index (χ1n) is 10.1. The Morgan fingerprint density at radius 3 is 2.07 bits per heavy atom. The van der Waals surface area contributed by atoms with Gasteiger partial charge in [-0.15, -0.1) is 24.8 Å². The summed E-state index contributed by atoms with van der Waals surface area (Å²) >= 11 is 0. The van der Waals surface area contributed by atoms with E-state index >= 15 is 0 Å². The van der Waals surface area contributed by atoms with Crippen LogP contribution in [-0.4, -0.2) is 97.8 Å². The van der Waals surface area contributed by atoms with Gasteiger partial charge < -0.3 is 15.0 Å². The summed E-state index contributed by atoms with van der Waals surface area (Å²) in [6.45, 7) is 12.4. The third-order valence-corrected chi connectivity index (χ3v) is 6.66. The highest BCUT2D eigenvalue weighted by Gasteiger charge is 2.43. The number of halogens is 2. The van der Waals surface area contributed by atoms with Gasteiger partial charge in [0.1, 0.15) is 5.60 Å². The highest BCUT2D eigenvalue weighted by molar-refractivity contribution is 5.86. The summed E-state index contributed by atoms with van der Waals surface area (Å²) in [5.41, 5.74) is -0.589. The van der Waals surface area contributed by atoms with Crippen molar-refractivity contribution in [1.29, 1.82) is 0 Å². The van der Waals surface area contributed by atoms with Crippen LogP contribution in [-0.2, 0) is 9.53 Å². The van der Waals surface area contributed by atoms with E-state index in [0.29, 0.717) is 0 Å². The van der Waals surface area contributed by atoms with Gasteiger partial charge in [0.05, 0.1) is 0 Å². The van der Waals surface area contributed by atoms with Crippen molar-refractivity contribution in [1.82, 2.24) is 20.0 Å². The lowest BCUT2D eigenvalue weighted by atomic mass is 9.90. The lowest BCUT2D eigenvalue weighted by molar-refractivity contribution is -0.160. The van der Waals surface area contributed by atoms with Gasteiger partial charge in [0.2, 0.25) is 0 Å². The second kappa shape index (κ2) is 11.2. The number of nitrogens with zero attached hydrogens (tertiary/aromatic N) is 3. The van der Waals surface area contributed by atoms with E-state index in [9.17, 15) is 4.79 Å². The van der Waals surface area contributed by atoms with Gasteiger partial charge in [-0.1, -0.05) is 0 Å². The second-order valence-corrected chi connectivity index (χ2v) is 8.10. The van der Waals surface area contributed by atoms with Gasteiger partial charge in [0.15, 0.2) is 0 Å². The average Bonchev–Trinajstić information content (AvgIpc) is 2.98. The molecule has 3 aliphatic rings. The minimum absolute atomic E-state index is 0. The Bertz CT molecular complexity index is 445. The summed E-state index contributed by atoms with van der Waals surface area (Å²) in [6, 6.07) is 1.44.